The topological polar surface area (TPSA) is 0 Å². The first-order valence-corrected chi connectivity index (χ1v) is 8.05. The van der Waals surface area contributed by atoms with Gasteiger partial charge < -0.3 is 0 Å². The molecular weight excluding hydrogens is 320 g/mol. The molecule has 102 valence electrons. The van der Waals surface area contributed by atoms with E-state index < -0.39 is 0 Å². The molecule has 3 aromatic carbocycles. The van der Waals surface area contributed by atoms with Crippen LogP contribution in [0, 0.1) is 0 Å². The second-order valence-electron chi connectivity index (χ2n) is 5.56. The van der Waals surface area contributed by atoms with E-state index in [-0.39, 0.29) is 0 Å². The van der Waals surface area contributed by atoms with Gasteiger partial charge in [0, 0.05) is 10.4 Å². The SMILES string of the molecule is Brc1ccc2c(c1)-c1ccccc1C2Cc1ccccc1. The monoisotopic (exact) mass is 334 g/mol. The summed E-state index contributed by atoms with van der Waals surface area (Å²) < 4.78 is 1.15. The Morgan fingerprint density at radius 3 is 2.29 bits per heavy atom. The molecule has 0 saturated carbocycles. The molecule has 21 heavy (non-hydrogen) atoms. The molecule has 0 fully saturated rings. The summed E-state index contributed by atoms with van der Waals surface area (Å²) >= 11 is 3.60. The van der Waals surface area contributed by atoms with E-state index >= 15 is 0 Å². The maximum absolute atomic E-state index is 3.60. The van der Waals surface area contributed by atoms with Gasteiger partial charge in [0.15, 0.2) is 0 Å². The van der Waals surface area contributed by atoms with E-state index in [2.05, 4.69) is 88.7 Å². The molecule has 4 rings (SSSR count). The Balaban J connectivity index is 1.85. The lowest BCUT2D eigenvalue weighted by molar-refractivity contribution is 0.827. The summed E-state index contributed by atoms with van der Waals surface area (Å²) in [6.45, 7) is 0. The Labute approximate surface area is 133 Å². The maximum atomic E-state index is 3.60. The molecule has 1 aliphatic carbocycles. The molecule has 1 aliphatic rings. The van der Waals surface area contributed by atoms with Crippen molar-refractivity contribution in [2.24, 2.45) is 0 Å². The fourth-order valence-corrected chi connectivity index (χ4v) is 3.71. The van der Waals surface area contributed by atoms with Crippen LogP contribution in [0.5, 0.6) is 0 Å². The van der Waals surface area contributed by atoms with Crippen molar-refractivity contribution in [3.8, 4) is 11.1 Å². The Kier molecular flexibility index (Phi) is 3.16. The Morgan fingerprint density at radius 1 is 0.714 bits per heavy atom. The van der Waals surface area contributed by atoms with Gasteiger partial charge in [0.2, 0.25) is 0 Å². The highest BCUT2D eigenvalue weighted by atomic mass is 79.9. The predicted octanol–water partition coefficient (Wildman–Crippen LogP) is 5.80. The van der Waals surface area contributed by atoms with Crippen LogP contribution in [-0.2, 0) is 6.42 Å². The van der Waals surface area contributed by atoms with Gasteiger partial charge in [0.05, 0.1) is 0 Å². The molecule has 0 N–H and O–H groups in total. The summed E-state index contributed by atoms with van der Waals surface area (Å²) in [6.07, 6.45) is 1.06. The summed E-state index contributed by atoms with van der Waals surface area (Å²) in [5.41, 5.74) is 7.06. The second kappa shape index (κ2) is 5.16. The minimum absolute atomic E-state index is 0.465. The highest BCUT2D eigenvalue weighted by molar-refractivity contribution is 9.10. The van der Waals surface area contributed by atoms with E-state index in [4.69, 9.17) is 0 Å². The molecule has 1 atom stereocenters. The standard InChI is InChI=1S/C20H15Br/c21-15-10-11-18-19(12-14-6-2-1-3-7-14)16-8-4-5-9-17(16)20(18)13-15/h1-11,13,19H,12H2. The van der Waals surface area contributed by atoms with Crippen LogP contribution in [0.1, 0.15) is 22.6 Å². The normalized spacial score (nSPS) is 15.6. The fraction of sp³-hybridized carbons (Fsp3) is 0.100. The van der Waals surface area contributed by atoms with Crippen molar-refractivity contribution in [1.29, 1.82) is 0 Å². The third-order valence-corrected chi connectivity index (χ3v) is 4.79. The first kappa shape index (κ1) is 12.8. The number of rotatable bonds is 2. The Bertz CT molecular complexity index is 790. The van der Waals surface area contributed by atoms with Gasteiger partial charge in [-0.1, -0.05) is 76.6 Å². The van der Waals surface area contributed by atoms with Gasteiger partial charge in [-0.25, -0.2) is 0 Å². The molecule has 0 bridgehead atoms. The fourth-order valence-electron chi connectivity index (χ4n) is 3.35. The average molecular weight is 335 g/mol. The van der Waals surface area contributed by atoms with E-state index in [1.165, 1.54) is 27.8 Å². The third kappa shape index (κ3) is 2.22. The summed E-state index contributed by atoms with van der Waals surface area (Å²) in [7, 11) is 0. The molecule has 0 saturated heterocycles. The highest BCUT2D eigenvalue weighted by Gasteiger charge is 2.28. The summed E-state index contributed by atoms with van der Waals surface area (Å²) in [6, 6.07) is 26.2. The van der Waals surface area contributed by atoms with Crippen LogP contribution >= 0.6 is 15.9 Å². The third-order valence-electron chi connectivity index (χ3n) is 4.30. The number of hydrogen-bond donors (Lipinski definition) is 0. The number of benzene rings is 3. The van der Waals surface area contributed by atoms with E-state index in [1.54, 1.807) is 0 Å². The smallest absolute Gasteiger partial charge is 0.0181 e. The van der Waals surface area contributed by atoms with E-state index in [9.17, 15) is 0 Å². The zero-order chi connectivity index (χ0) is 14.2. The summed E-state index contributed by atoms with van der Waals surface area (Å²) in [5.74, 6) is 0.465. The van der Waals surface area contributed by atoms with Gasteiger partial charge in [-0.05, 0) is 46.4 Å². The molecule has 0 nitrogen and oxygen atoms in total. The highest BCUT2D eigenvalue weighted by Crippen LogP contribution is 2.46. The van der Waals surface area contributed by atoms with Crippen molar-refractivity contribution in [3.05, 3.63) is 94.0 Å². The lowest BCUT2D eigenvalue weighted by Gasteiger charge is -2.13. The average Bonchev–Trinajstić information content (AvgIpc) is 2.82. The predicted molar refractivity (Wildman–Crippen MR) is 91.6 cm³/mol. The van der Waals surface area contributed by atoms with Crippen molar-refractivity contribution < 1.29 is 0 Å². The molecule has 0 aliphatic heterocycles. The lowest BCUT2D eigenvalue weighted by Crippen LogP contribution is -2.01. The van der Waals surface area contributed by atoms with Gasteiger partial charge in [-0.15, -0.1) is 0 Å². The van der Waals surface area contributed by atoms with Crippen LogP contribution < -0.4 is 0 Å². The summed E-state index contributed by atoms with van der Waals surface area (Å²) in [4.78, 5) is 0. The van der Waals surface area contributed by atoms with Gasteiger partial charge >= 0.3 is 0 Å². The van der Waals surface area contributed by atoms with Gasteiger partial charge in [-0.3, -0.25) is 0 Å². The minimum atomic E-state index is 0.465. The van der Waals surface area contributed by atoms with Crippen LogP contribution in [0.3, 0.4) is 0 Å². The maximum Gasteiger partial charge on any atom is 0.0181 e. The molecule has 0 heterocycles. The van der Waals surface area contributed by atoms with Crippen molar-refractivity contribution >= 4 is 15.9 Å². The second-order valence-corrected chi connectivity index (χ2v) is 6.48. The van der Waals surface area contributed by atoms with Crippen molar-refractivity contribution in [2.45, 2.75) is 12.3 Å². The first-order chi connectivity index (χ1) is 10.3. The number of hydrogen-bond acceptors (Lipinski definition) is 0. The van der Waals surface area contributed by atoms with Crippen LogP contribution in [-0.4, -0.2) is 0 Å². The van der Waals surface area contributed by atoms with Gasteiger partial charge in [-0.2, -0.15) is 0 Å². The molecule has 0 amide bonds. The first-order valence-electron chi connectivity index (χ1n) is 7.25. The van der Waals surface area contributed by atoms with Crippen LogP contribution in [0.15, 0.2) is 77.3 Å². The molecule has 1 heteroatoms. The zero-order valence-corrected chi connectivity index (χ0v) is 13.2. The zero-order valence-electron chi connectivity index (χ0n) is 11.6. The molecule has 1 unspecified atom stereocenters. The summed E-state index contributed by atoms with van der Waals surface area (Å²) in [5, 5.41) is 0. The van der Waals surface area contributed by atoms with Crippen molar-refractivity contribution in [3.63, 3.8) is 0 Å². The number of halogens is 1. The van der Waals surface area contributed by atoms with Crippen LogP contribution in [0.4, 0.5) is 0 Å². The molecule has 0 spiro atoms. The van der Waals surface area contributed by atoms with Gasteiger partial charge in [0.1, 0.15) is 0 Å². The van der Waals surface area contributed by atoms with Crippen LogP contribution in [0.25, 0.3) is 11.1 Å². The Hall–Kier alpha value is -1.86. The largest absolute Gasteiger partial charge is 0.0622 e. The molecule has 0 aromatic heterocycles. The number of fused-ring (bicyclic) bond motifs is 3. The van der Waals surface area contributed by atoms with Gasteiger partial charge in [0.25, 0.3) is 0 Å². The molecule has 0 radical (unpaired) electrons. The van der Waals surface area contributed by atoms with E-state index in [0.717, 1.165) is 10.9 Å². The molecule has 3 aromatic rings. The van der Waals surface area contributed by atoms with E-state index in [0.29, 0.717) is 5.92 Å². The quantitative estimate of drug-likeness (QED) is 0.555. The lowest BCUT2D eigenvalue weighted by atomic mass is 9.90. The van der Waals surface area contributed by atoms with Crippen molar-refractivity contribution in [1.82, 2.24) is 0 Å². The van der Waals surface area contributed by atoms with E-state index in [1.807, 2.05) is 0 Å². The molecular formula is C20H15Br. The Morgan fingerprint density at radius 2 is 1.43 bits per heavy atom. The van der Waals surface area contributed by atoms with Crippen LogP contribution in [0.2, 0.25) is 0 Å². The van der Waals surface area contributed by atoms with Crippen molar-refractivity contribution in [2.75, 3.05) is 0 Å². The minimum Gasteiger partial charge on any atom is -0.0622 e.